The van der Waals surface area contributed by atoms with Crippen molar-refractivity contribution in [3.8, 4) is 5.75 Å². The van der Waals surface area contributed by atoms with Crippen LogP contribution < -0.4 is 14.9 Å². The van der Waals surface area contributed by atoms with Gasteiger partial charge in [-0.25, -0.2) is 12.8 Å². The molecule has 0 spiro atoms. The fraction of sp³-hybridized carbons (Fsp3) is 0.211. The van der Waals surface area contributed by atoms with Crippen LogP contribution in [0.4, 0.5) is 10.1 Å². The highest BCUT2D eigenvalue weighted by molar-refractivity contribution is 7.92. The molecule has 8 heteroatoms. The van der Waals surface area contributed by atoms with Gasteiger partial charge in [-0.15, -0.1) is 0 Å². The zero-order valence-electron chi connectivity index (χ0n) is 15.1. The number of hydrogen-bond donors (Lipinski definition) is 2. The molecule has 1 heterocycles. The highest BCUT2D eigenvalue weighted by Gasteiger charge is 2.21. The summed E-state index contributed by atoms with van der Waals surface area (Å²) in [6.07, 6.45) is 0.682. The Labute approximate surface area is 156 Å². The number of H-pyrrole nitrogens is 1. The number of pyridine rings is 1. The molecule has 0 bridgehead atoms. The zero-order chi connectivity index (χ0) is 19.8. The molecule has 27 heavy (non-hydrogen) atoms. The summed E-state index contributed by atoms with van der Waals surface area (Å²) >= 11 is 0. The standard InChI is InChI=1S/C19H19FN2O4S/c1-4-12-10-16(23)14-9-13(5-6-15(14)21-12)22-27(24,25)18-8-7-17(26-3)19(20)11(18)2/h5-10,22H,4H2,1-3H3,(H,21,23). The van der Waals surface area contributed by atoms with Gasteiger partial charge in [0.15, 0.2) is 17.0 Å². The second kappa shape index (κ2) is 7.03. The van der Waals surface area contributed by atoms with Crippen LogP contribution in [-0.4, -0.2) is 20.5 Å². The maximum Gasteiger partial charge on any atom is 0.262 e. The van der Waals surface area contributed by atoms with Crippen LogP contribution in [0.5, 0.6) is 5.75 Å². The van der Waals surface area contributed by atoms with Crippen molar-refractivity contribution in [2.75, 3.05) is 11.8 Å². The lowest BCUT2D eigenvalue weighted by molar-refractivity contribution is 0.384. The van der Waals surface area contributed by atoms with Crippen molar-refractivity contribution in [2.24, 2.45) is 0 Å². The molecule has 0 amide bonds. The Morgan fingerprint density at radius 3 is 2.59 bits per heavy atom. The minimum absolute atomic E-state index is 0.0320. The van der Waals surface area contributed by atoms with Crippen LogP contribution in [0, 0.1) is 12.7 Å². The van der Waals surface area contributed by atoms with Gasteiger partial charge in [0.2, 0.25) is 0 Å². The minimum Gasteiger partial charge on any atom is -0.494 e. The SMILES string of the molecule is CCc1cc(=O)c2cc(NS(=O)(=O)c3ccc(OC)c(F)c3C)ccc2[nH]1. The van der Waals surface area contributed by atoms with Crippen LogP contribution in [0.2, 0.25) is 0 Å². The normalized spacial score (nSPS) is 11.6. The first-order chi connectivity index (χ1) is 12.8. The van der Waals surface area contributed by atoms with Gasteiger partial charge in [-0.1, -0.05) is 6.92 Å². The number of aryl methyl sites for hydroxylation is 1. The first kappa shape index (κ1) is 18.9. The molecule has 0 radical (unpaired) electrons. The molecule has 3 aromatic rings. The summed E-state index contributed by atoms with van der Waals surface area (Å²) in [6.45, 7) is 3.29. The Bertz CT molecular complexity index is 1190. The van der Waals surface area contributed by atoms with Gasteiger partial charge in [-0.3, -0.25) is 9.52 Å². The summed E-state index contributed by atoms with van der Waals surface area (Å²) in [7, 11) is -2.74. The van der Waals surface area contributed by atoms with Crippen molar-refractivity contribution in [3.63, 3.8) is 0 Å². The topological polar surface area (TPSA) is 88.3 Å². The van der Waals surface area contributed by atoms with Gasteiger partial charge < -0.3 is 9.72 Å². The van der Waals surface area contributed by atoms with Gasteiger partial charge in [0.25, 0.3) is 10.0 Å². The van der Waals surface area contributed by atoms with Crippen LogP contribution >= 0.6 is 0 Å². The maximum atomic E-state index is 14.2. The number of hydrogen-bond acceptors (Lipinski definition) is 4. The van der Waals surface area contributed by atoms with E-state index in [2.05, 4.69) is 9.71 Å². The first-order valence-electron chi connectivity index (χ1n) is 8.28. The smallest absolute Gasteiger partial charge is 0.262 e. The number of anilines is 1. The lowest BCUT2D eigenvalue weighted by Gasteiger charge is -2.13. The molecule has 0 unspecified atom stereocenters. The summed E-state index contributed by atoms with van der Waals surface area (Å²) in [5, 5.41) is 0.366. The first-order valence-corrected chi connectivity index (χ1v) is 9.77. The molecule has 1 aromatic heterocycles. The summed E-state index contributed by atoms with van der Waals surface area (Å²) in [5.41, 5.74) is 1.38. The van der Waals surface area contributed by atoms with Crippen LogP contribution in [-0.2, 0) is 16.4 Å². The van der Waals surface area contributed by atoms with E-state index < -0.39 is 15.8 Å². The monoisotopic (exact) mass is 390 g/mol. The molecule has 0 fully saturated rings. The second-order valence-corrected chi connectivity index (χ2v) is 7.73. The summed E-state index contributed by atoms with van der Waals surface area (Å²) in [5.74, 6) is -0.766. The Balaban J connectivity index is 2.03. The largest absolute Gasteiger partial charge is 0.494 e. The van der Waals surface area contributed by atoms with Crippen LogP contribution in [0.25, 0.3) is 10.9 Å². The zero-order valence-corrected chi connectivity index (χ0v) is 15.9. The van der Waals surface area contributed by atoms with E-state index in [0.717, 1.165) is 5.69 Å². The van der Waals surface area contributed by atoms with Gasteiger partial charge in [0, 0.05) is 33.9 Å². The minimum atomic E-state index is -4.04. The number of nitrogens with one attached hydrogen (secondary N) is 2. The molecular weight excluding hydrogens is 371 g/mol. The predicted octanol–water partition coefficient (Wildman–Crippen LogP) is 3.35. The number of aromatic amines is 1. The van der Waals surface area contributed by atoms with Crippen LogP contribution in [0.1, 0.15) is 18.2 Å². The number of rotatable bonds is 5. The summed E-state index contributed by atoms with van der Waals surface area (Å²) < 4.78 is 46.8. The fourth-order valence-corrected chi connectivity index (χ4v) is 4.14. The number of halogens is 1. The van der Waals surface area contributed by atoms with E-state index in [4.69, 9.17) is 4.74 Å². The average molecular weight is 390 g/mol. The van der Waals surface area contributed by atoms with Gasteiger partial charge in [0.05, 0.1) is 12.0 Å². The van der Waals surface area contributed by atoms with E-state index >= 15 is 0 Å². The quantitative estimate of drug-likeness (QED) is 0.699. The molecule has 2 N–H and O–H groups in total. The highest BCUT2D eigenvalue weighted by atomic mass is 32.2. The highest BCUT2D eigenvalue weighted by Crippen LogP contribution is 2.27. The van der Waals surface area contributed by atoms with Gasteiger partial charge in [-0.05, 0) is 43.7 Å². The fourth-order valence-electron chi connectivity index (χ4n) is 2.86. The van der Waals surface area contributed by atoms with Crippen molar-refractivity contribution in [1.82, 2.24) is 4.98 Å². The lowest BCUT2D eigenvalue weighted by atomic mass is 10.1. The Morgan fingerprint density at radius 1 is 1.19 bits per heavy atom. The molecule has 0 atom stereocenters. The van der Waals surface area contributed by atoms with Crippen molar-refractivity contribution in [3.05, 3.63) is 63.7 Å². The van der Waals surface area contributed by atoms with Crippen LogP contribution in [0.15, 0.2) is 46.1 Å². The van der Waals surface area contributed by atoms with Crippen molar-refractivity contribution < 1.29 is 17.5 Å². The van der Waals surface area contributed by atoms with E-state index in [0.29, 0.717) is 17.3 Å². The maximum absolute atomic E-state index is 14.2. The Morgan fingerprint density at radius 2 is 1.93 bits per heavy atom. The second-order valence-electron chi connectivity index (χ2n) is 6.08. The molecule has 3 rings (SSSR count). The van der Waals surface area contributed by atoms with E-state index in [1.165, 1.54) is 38.3 Å². The molecule has 142 valence electrons. The van der Waals surface area contributed by atoms with E-state index in [-0.39, 0.29) is 27.3 Å². The molecule has 0 saturated carbocycles. The number of ether oxygens (including phenoxy) is 1. The third-order valence-corrected chi connectivity index (χ3v) is 5.86. The predicted molar refractivity (Wildman–Crippen MR) is 102 cm³/mol. The molecule has 6 nitrogen and oxygen atoms in total. The number of fused-ring (bicyclic) bond motifs is 1. The molecule has 2 aromatic carbocycles. The number of sulfonamides is 1. The van der Waals surface area contributed by atoms with E-state index in [9.17, 15) is 17.6 Å². The molecule has 0 saturated heterocycles. The molecule has 0 aliphatic heterocycles. The molecular formula is C19H19FN2O4S. The van der Waals surface area contributed by atoms with E-state index in [1.54, 1.807) is 12.1 Å². The third kappa shape index (κ3) is 3.52. The molecule has 0 aliphatic carbocycles. The summed E-state index contributed by atoms with van der Waals surface area (Å²) in [4.78, 5) is 15.2. The van der Waals surface area contributed by atoms with Gasteiger partial charge >= 0.3 is 0 Å². The molecule has 0 aliphatic rings. The van der Waals surface area contributed by atoms with Gasteiger partial charge in [-0.2, -0.15) is 0 Å². The van der Waals surface area contributed by atoms with Gasteiger partial charge in [0.1, 0.15) is 0 Å². The van der Waals surface area contributed by atoms with E-state index in [1.807, 2.05) is 6.92 Å². The average Bonchev–Trinajstić information content (AvgIpc) is 2.63. The van der Waals surface area contributed by atoms with Crippen LogP contribution in [0.3, 0.4) is 0 Å². The third-order valence-electron chi connectivity index (χ3n) is 4.33. The van der Waals surface area contributed by atoms with Crippen molar-refractivity contribution in [2.45, 2.75) is 25.2 Å². The Kier molecular flexibility index (Phi) is 4.93. The summed E-state index contributed by atoms with van der Waals surface area (Å²) in [6, 6.07) is 8.67. The van der Waals surface area contributed by atoms with Crippen molar-refractivity contribution in [1.29, 1.82) is 0 Å². The lowest BCUT2D eigenvalue weighted by Crippen LogP contribution is -2.15. The Hall–Kier alpha value is -2.87. The van der Waals surface area contributed by atoms with Crippen molar-refractivity contribution >= 4 is 26.6 Å². The number of benzene rings is 2. The number of aromatic nitrogens is 1. The number of methoxy groups -OCH3 is 1.